The monoisotopic (exact) mass is 447 g/mol. The van der Waals surface area contributed by atoms with Crippen molar-refractivity contribution >= 4 is 11.6 Å². The number of methoxy groups -OCH3 is 2. The van der Waals surface area contributed by atoms with Crippen molar-refractivity contribution in [2.24, 2.45) is 0 Å². The minimum atomic E-state index is -4.40. The Bertz CT molecular complexity index is 1190. The highest BCUT2D eigenvalue weighted by molar-refractivity contribution is 6.12. The molecular formula is C21H20F3N5O3. The highest BCUT2D eigenvalue weighted by atomic mass is 19.4. The van der Waals surface area contributed by atoms with Gasteiger partial charge in [-0.05, 0) is 37.1 Å². The summed E-state index contributed by atoms with van der Waals surface area (Å²) in [6, 6.07) is 3.24. The average molecular weight is 447 g/mol. The van der Waals surface area contributed by atoms with Crippen molar-refractivity contribution in [1.29, 1.82) is 0 Å². The molecule has 1 aliphatic rings. The van der Waals surface area contributed by atoms with Crippen LogP contribution in [0.3, 0.4) is 0 Å². The number of aryl methyl sites for hydroxylation is 1. The molecule has 0 fully saturated rings. The summed E-state index contributed by atoms with van der Waals surface area (Å²) in [4.78, 5) is 23.2. The first kappa shape index (κ1) is 21.6. The average Bonchev–Trinajstić information content (AvgIpc) is 3.28. The van der Waals surface area contributed by atoms with E-state index in [0.29, 0.717) is 16.9 Å². The standard InChI is InChI=1S/C21H20F3N5O3/c1-11-5-13(16-8-25-18(31-3)19(27-16)32-4)6-15-12(2)29(20(30)17(11)15)14-7-26-28(9-14)10-21(22,23)24/h5-9,12H,10H2,1-4H3. The SMILES string of the molecule is COc1ncc(-c2cc(C)c3c(c2)C(C)N(c2cnn(CC(F)(F)F)c2)C3=O)nc1OC. The van der Waals surface area contributed by atoms with Crippen LogP contribution >= 0.6 is 0 Å². The molecule has 0 bridgehead atoms. The van der Waals surface area contributed by atoms with Gasteiger partial charge in [-0.25, -0.2) is 9.97 Å². The van der Waals surface area contributed by atoms with Gasteiger partial charge in [-0.15, -0.1) is 0 Å². The predicted octanol–water partition coefficient (Wildman–Crippen LogP) is 3.95. The number of carbonyl (C=O) groups is 1. The summed E-state index contributed by atoms with van der Waals surface area (Å²) in [5, 5.41) is 3.76. The summed E-state index contributed by atoms with van der Waals surface area (Å²) in [6.07, 6.45) is -0.367. The van der Waals surface area contributed by atoms with Crippen molar-refractivity contribution in [2.75, 3.05) is 19.1 Å². The molecule has 4 rings (SSSR count). The highest BCUT2D eigenvalue weighted by Gasteiger charge is 2.38. The van der Waals surface area contributed by atoms with E-state index in [4.69, 9.17) is 9.47 Å². The van der Waals surface area contributed by atoms with Gasteiger partial charge in [-0.1, -0.05) is 0 Å². The predicted molar refractivity (Wildman–Crippen MR) is 109 cm³/mol. The molecule has 3 aromatic rings. The van der Waals surface area contributed by atoms with Gasteiger partial charge in [0.2, 0.25) is 0 Å². The number of anilines is 1. The summed E-state index contributed by atoms with van der Waals surface area (Å²) < 4.78 is 49.2. The third-order valence-corrected chi connectivity index (χ3v) is 5.27. The molecule has 0 N–H and O–H groups in total. The molecule has 1 aliphatic heterocycles. The largest absolute Gasteiger partial charge is 0.477 e. The Labute approximate surface area is 181 Å². The molecule has 0 aliphatic carbocycles. The molecule has 1 unspecified atom stereocenters. The lowest BCUT2D eigenvalue weighted by atomic mass is 9.96. The van der Waals surface area contributed by atoms with E-state index in [1.165, 1.54) is 31.5 Å². The third kappa shape index (κ3) is 3.74. The van der Waals surface area contributed by atoms with Crippen molar-refractivity contribution in [2.45, 2.75) is 32.6 Å². The maximum atomic E-state index is 13.2. The Kier molecular flexibility index (Phi) is 5.27. The van der Waals surface area contributed by atoms with Crippen LogP contribution in [-0.4, -0.2) is 46.1 Å². The van der Waals surface area contributed by atoms with Crippen LogP contribution in [0.15, 0.2) is 30.7 Å². The number of fused-ring (bicyclic) bond motifs is 1. The zero-order valence-corrected chi connectivity index (χ0v) is 17.8. The molecule has 1 amide bonds. The Morgan fingerprint density at radius 3 is 2.50 bits per heavy atom. The lowest BCUT2D eigenvalue weighted by Gasteiger charge is -2.20. The van der Waals surface area contributed by atoms with Gasteiger partial charge >= 0.3 is 6.18 Å². The van der Waals surface area contributed by atoms with Crippen LogP contribution in [-0.2, 0) is 6.54 Å². The summed E-state index contributed by atoms with van der Waals surface area (Å²) in [7, 11) is 2.92. The quantitative estimate of drug-likeness (QED) is 0.589. The number of hydrogen-bond acceptors (Lipinski definition) is 6. The first-order chi connectivity index (χ1) is 15.1. The first-order valence-corrected chi connectivity index (χ1v) is 9.65. The number of rotatable bonds is 5. The zero-order valence-electron chi connectivity index (χ0n) is 17.8. The Balaban J connectivity index is 1.71. The van der Waals surface area contributed by atoms with Crippen LogP contribution in [0, 0.1) is 6.92 Å². The number of benzene rings is 1. The number of halogens is 3. The topological polar surface area (TPSA) is 82.4 Å². The maximum Gasteiger partial charge on any atom is 0.408 e. The Hall–Kier alpha value is -3.63. The van der Waals surface area contributed by atoms with Crippen LogP contribution < -0.4 is 14.4 Å². The number of alkyl halides is 3. The molecule has 0 saturated heterocycles. The van der Waals surface area contributed by atoms with Gasteiger partial charge in [0.25, 0.3) is 17.7 Å². The van der Waals surface area contributed by atoms with Gasteiger partial charge in [-0.2, -0.15) is 18.3 Å². The fraction of sp³-hybridized carbons (Fsp3) is 0.333. The van der Waals surface area contributed by atoms with E-state index in [1.54, 1.807) is 13.1 Å². The zero-order chi connectivity index (χ0) is 23.2. The van der Waals surface area contributed by atoms with E-state index in [-0.39, 0.29) is 17.7 Å². The van der Waals surface area contributed by atoms with Gasteiger partial charge < -0.3 is 9.47 Å². The van der Waals surface area contributed by atoms with E-state index in [9.17, 15) is 18.0 Å². The molecule has 0 radical (unpaired) electrons. The minimum Gasteiger partial charge on any atom is -0.477 e. The van der Waals surface area contributed by atoms with Gasteiger partial charge in [0, 0.05) is 17.3 Å². The van der Waals surface area contributed by atoms with Gasteiger partial charge in [0.1, 0.15) is 6.54 Å². The molecule has 11 heteroatoms. The fourth-order valence-electron chi connectivity index (χ4n) is 3.88. The molecule has 8 nitrogen and oxygen atoms in total. The number of hydrogen-bond donors (Lipinski definition) is 0. The van der Waals surface area contributed by atoms with E-state index >= 15 is 0 Å². The molecule has 2 aromatic heterocycles. The molecule has 1 aromatic carbocycles. The highest BCUT2D eigenvalue weighted by Crippen LogP contribution is 2.41. The maximum absolute atomic E-state index is 13.2. The van der Waals surface area contributed by atoms with Gasteiger partial charge in [0.05, 0.1) is 44.0 Å². The lowest BCUT2D eigenvalue weighted by Crippen LogP contribution is -2.26. The number of aromatic nitrogens is 4. The van der Waals surface area contributed by atoms with Crippen molar-refractivity contribution in [1.82, 2.24) is 19.7 Å². The Morgan fingerprint density at radius 1 is 1.12 bits per heavy atom. The van der Waals surface area contributed by atoms with Crippen LogP contribution in [0.4, 0.5) is 18.9 Å². The third-order valence-electron chi connectivity index (χ3n) is 5.27. The molecular weight excluding hydrogens is 427 g/mol. The van der Waals surface area contributed by atoms with E-state index in [1.807, 2.05) is 19.1 Å². The number of ether oxygens (including phenoxy) is 2. The van der Waals surface area contributed by atoms with Crippen LogP contribution in [0.1, 0.15) is 34.5 Å². The smallest absolute Gasteiger partial charge is 0.408 e. The second-order valence-electron chi connectivity index (χ2n) is 7.39. The van der Waals surface area contributed by atoms with Gasteiger partial charge in [-0.3, -0.25) is 14.4 Å². The second-order valence-corrected chi connectivity index (χ2v) is 7.39. The van der Waals surface area contributed by atoms with E-state index in [2.05, 4.69) is 15.1 Å². The van der Waals surface area contributed by atoms with Crippen molar-refractivity contribution in [3.8, 4) is 23.0 Å². The minimum absolute atomic E-state index is 0.228. The Morgan fingerprint density at radius 2 is 1.84 bits per heavy atom. The van der Waals surface area contributed by atoms with Crippen molar-refractivity contribution in [3.63, 3.8) is 0 Å². The van der Waals surface area contributed by atoms with Crippen molar-refractivity contribution < 1.29 is 27.4 Å². The molecule has 168 valence electrons. The van der Waals surface area contributed by atoms with E-state index in [0.717, 1.165) is 21.4 Å². The number of amides is 1. The summed E-state index contributed by atoms with van der Waals surface area (Å²) in [5.74, 6) is 0.187. The summed E-state index contributed by atoms with van der Waals surface area (Å²) >= 11 is 0. The molecule has 32 heavy (non-hydrogen) atoms. The van der Waals surface area contributed by atoms with Crippen LogP contribution in [0.5, 0.6) is 11.8 Å². The molecule has 0 spiro atoms. The van der Waals surface area contributed by atoms with E-state index < -0.39 is 18.8 Å². The second kappa shape index (κ2) is 7.81. The summed E-state index contributed by atoms with van der Waals surface area (Å²) in [6.45, 7) is 2.39. The fourth-order valence-corrected chi connectivity index (χ4v) is 3.88. The van der Waals surface area contributed by atoms with Crippen LogP contribution in [0.2, 0.25) is 0 Å². The van der Waals surface area contributed by atoms with Crippen LogP contribution in [0.25, 0.3) is 11.3 Å². The number of nitrogens with zero attached hydrogens (tertiary/aromatic N) is 5. The number of carbonyl (C=O) groups excluding carboxylic acids is 1. The van der Waals surface area contributed by atoms with Gasteiger partial charge in [0.15, 0.2) is 0 Å². The summed E-state index contributed by atoms with van der Waals surface area (Å²) in [5.41, 5.74) is 3.53. The first-order valence-electron chi connectivity index (χ1n) is 9.65. The molecule has 3 heterocycles. The molecule has 1 atom stereocenters. The normalized spacial score (nSPS) is 15.8. The lowest BCUT2D eigenvalue weighted by molar-refractivity contribution is -0.142. The van der Waals surface area contributed by atoms with Crippen molar-refractivity contribution in [3.05, 3.63) is 47.4 Å². The molecule has 0 saturated carbocycles.